The molecule has 0 aromatic carbocycles. The minimum Gasteiger partial charge on any atom is -0.367 e. The van der Waals surface area contributed by atoms with Crippen LogP contribution in [0.15, 0.2) is 22.9 Å². The summed E-state index contributed by atoms with van der Waals surface area (Å²) in [4.78, 5) is 6.22. The van der Waals surface area contributed by atoms with Gasteiger partial charge in [0, 0.05) is 25.0 Å². The number of halogens is 1. The van der Waals surface area contributed by atoms with Gasteiger partial charge in [-0.15, -0.1) is 0 Å². The van der Waals surface area contributed by atoms with Crippen molar-refractivity contribution in [3.8, 4) is 6.07 Å². The number of aromatic nitrogens is 1. The molecule has 0 bridgehead atoms. The molecule has 0 fully saturated rings. The van der Waals surface area contributed by atoms with E-state index in [0.717, 1.165) is 16.7 Å². The fourth-order valence-electron chi connectivity index (χ4n) is 1.43. The number of nitrogens with zero attached hydrogens (tertiary/aromatic N) is 3. The van der Waals surface area contributed by atoms with Crippen LogP contribution in [0.2, 0.25) is 0 Å². The molecule has 0 amide bonds. The van der Waals surface area contributed by atoms with Gasteiger partial charge in [0.1, 0.15) is 0 Å². The van der Waals surface area contributed by atoms with E-state index in [-0.39, 0.29) is 0 Å². The van der Waals surface area contributed by atoms with Gasteiger partial charge in [0.25, 0.3) is 0 Å². The molecule has 0 radical (unpaired) electrons. The maximum absolute atomic E-state index is 8.61. The summed E-state index contributed by atoms with van der Waals surface area (Å²) in [5.74, 6) is 0. The van der Waals surface area contributed by atoms with Gasteiger partial charge in [-0.2, -0.15) is 5.26 Å². The number of pyridine rings is 1. The molecule has 0 atom stereocenters. The van der Waals surface area contributed by atoms with Crippen molar-refractivity contribution in [2.24, 2.45) is 0 Å². The average Bonchev–Trinajstić information content (AvgIpc) is 2.20. The molecule has 0 aliphatic heterocycles. The van der Waals surface area contributed by atoms with Crippen LogP contribution in [0.3, 0.4) is 0 Å². The van der Waals surface area contributed by atoms with Gasteiger partial charge in [-0.1, -0.05) is 0 Å². The van der Waals surface area contributed by atoms with Crippen molar-refractivity contribution >= 4 is 21.6 Å². The van der Waals surface area contributed by atoms with Gasteiger partial charge in [-0.25, -0.2) is 0 Å². The highest BCUT2D eigenvalue weighted by molar-refractivity contribution is 9.10. The zero-order valence-electron chi connectivity index (χ0n) is 8.94. The lowest BCUT2D eigenvalue weighted by Gasteiger charge is -2.28. The predicted molar refractivity (Wildman–Crippen MR) is 64.6 cm³/mol. The molecule has 0 aliphatic rings. The highest BCUT2D eigenvalue weighted by atomic mass is 79.9. The van der Waals surface area contributed by atoms with Crippen LogP contribution in [0.1, 0.15) is 20.3 Å². The van der Waals surface area contributed by atoms with Gasteiger partial charge in [0.2, 0.25) is 0 Å². The lowest BCUT2D eigenvalue weighted by Crippen LogP contribution is -2.31. The van der Waals surface area contributed by atoms with Crippen molar-refractivity contribution in [3.63, 3.8) is 0 Å². The van der Waals surface area contributed by atoms with E-state index in [2.05, 4.69) is 45.7 Å². The van der Waals surface area contributed by atoms with E-state index in [9.17, 15) is 0 Å². The van der Waals surface area contributed by atoms with E-state index in [1.807, 2.05) is 6.07 Å². The average molecular weight is 268 g/mol. The van der Waals surface area contributed by atoms with Crippen molar-refractivity contribution < 1.29 is 0 Å². The molecule has 4 heteroatoms. The Kier molecular flexibility index (Phi) is 4.57. The Morgan fingerprint density at radius 2 is 2.33 bits per heavy atom. The Labute approximate surface area is 98.9 Å². The maximum atomic E-state index is 8.61. The fraction of sp³-hybridized carbons (Fsp3) is 0.455. The summed E-state index contributed by atoms with van der Waals surface area (Å²) in [6, 6.07) is 4.50. The molecular weight excluding hydrogens is 254 g/mol. The van der Waals surface area contributed by atoms with Crippen LogP contribution in [0.5, 0.6) is 0 Å². The molecule has 1 heterocycles. The van der Waals surface area contributed by atoms with Crippen LogP contribution in [-0.2, 0) is 0 Å². The predicted octanol–water partition coefficient (Wildman–Crippen LogP) is 2.97. The van der Waals surface area contributed by atoms with Crippen molar-refractivity contribution in [2.45, 2.75) is 26.3 Å². The Morgan fingerprint density at radius 1 is 1.60 bits per heavy atom. The number of nitriles is 1. The van der Waals surface area contributed by atoms with Crippen molar-refractivity contribution in [1.82, 2.24) is 4.98 Å². The second-order valence-corrected chi connectivity index (χ2v) is 4.38. The first-order chi connectivity index (χ1) is 7.16. The molecule has 0 spiro atoms. The molecule has 80 valence electrons. The van der Waals surface area contributed by atoms with Crippen LogP contribution in [0.4, 0.5) is 5.69 Å². The molecule has 3 nitrogen and oxygen atoms in total. The third-order valence-corrected chi connectivity index (χ3v) is 2.76. The van der Waals surface area contributed by atoms with E-state index < -0.39 is 0 Å². The number of anilines is 1. The van der Waals surface area contributed by atoms with Gasteiger partial charge >= 0.3 is 0 Å². The zero-order chi connectivity index (χ0) is 11.3. The molecule has 1 aromatic rings. The summed E-state index contributed by atoms with van der Waals surface area (Å²) in [5.41, 5.74) is 1.09. The summed E-state index contributed by atoms with van der Waals surface area (Å²) in [7, 11) is 0. The van der Waals surface area contributed by atoms with Crippen molar-refractivity contribution in [2.75, 3.05) is 11.4 Å². The molecule has 1 rings (SSSR count). The maximum Gasteiger partial charge on any atom is 0.0640 e. The van der Waals surface area contributed by atoms with Crippen LogP contribution in [0, 0.1) is 11.3 Å². The Morgan fingerprint density at radius 3 is 2.87 bits per heavy atom. The number of rotatable bonds is 4. The topological polar surface area (TPSA) is 39.9 Å². The molecular formula is C11H14BrN3. The highest BCUT2D eigenvalue weighted by Gasteiger charge is 2.12. The molecule has 0 aliphatic carbocycles. The molecule has 1 aromatic heterocycles. The molecule has 0 N–H and O–H groups in total. The lowest BCUT2D eigenvalue weighted by atomic mass is 10.2. The number of hydrogen-bond donors (Lipinski definition) is 0. The molecule has 15 heavy (non-hydrogen) atoms. The second kappa shape index (κ2) is 5.72. The van der Waals surface area contributed by atoms with E-state index in [1.54, 1.807) is 12.4 Å². The molecule has 0 saturated carbocycles. The third-order valence-electron chi connectivity index (χ3n) is 2.15. The normalized spacial score (nSPS) is 10.1. The van der Waals surface area contributed by atoms with E-state index in [1.165, 1.54) is 0 Å². The fourth-order valence-corrected chi connectivity index (χ4v) is 1.91. The summed E-state index contributed by atoms with van der Waals surface area (Å²) in [6.45, 7) is 4.98. The molecule has 0 saturated heterocycles. The largest absolute Gasteiger partial charge is 0.367 e. The highest BCUT2D eigenvalue weighted by Crippen LogP contribution is 2.26. The van der Waals surface area contributed by atoms with Crippen LogP contribution in [-0.4, -0.2) is 17.6 Å². The summed E-state index contributed by atoms with van der Waals surface area (Å²) < 4.78 is 0.969. The first-order valence-electron chi connectivity index (χ1n) is 4.90. The lowest BCUT2D eigenvalue weighted by molar-refractivity contribution is 0.685. The standard InChI is InChI=1S/C11H14BrN3/c1-9(2)15(7-3-5-13)11-4-6-14-8-10(11)12/h4,6,8-9H,3,7H2,1-2H3. The van der Waals surface area contributed by atoms with Gasteiger partial charge in [-0.05, 0) is 35.8 Å². The van der Waals surface area contributed by atoms with E-state index in [4.69, 9.17) is 5.26 Å². The van der Waals surface area contributed by atoms with Gasteiger partial charge in [0.15, 0.2) is 0 Å². The van der Waals surface area contributed by atoms with Crippen LogP contribution < -0.4 is 4.90 Å². The summed E-state index contributed by atoms with van der Waals surface area (Å²) in [6.07, 6.45) is 4.08. The van der Waals surface area contributed by atoms with Crippen LogP contribution in [0.25, 0.3) is 0 Å². The van der Waals surface area contributed by atoms with Crippen molar-refractivity contribution in [3.05, 3.63) is 22.9 Å². The van der Waals surface area contributed by atoms with Gasteiger partial charge in [0.05, 0.1) is 22.7 Å². The van der Waals surface area contributed by atoms with E-state index >= 15 is 0 Å². The Hall–Kier alpha value is -1.08. The molecule has 0 unspecified atom stereocenters. The summed E-state index contributed by atoms with van der Waals surface area (Å²) >= 11 is 3.47. The Balaban J connectivity index is 2.90. The summed E-state index contributed by atoms with van der Waals surface area (Å²) in [5, 5.41) is 8.61. The minimum absolute atomic E-state index is 0.372. The first kappa shape index (κ1) is 12.0. The van der Waals surface area contributed by atoms with E-state index in [0.29, 0.717) is 12.5 Å². The Bertz CT molecular complexity index is 357. The SMILES string of the molecule is CC(C)N(CCC#N)c1ccncc1Br. The van der Waals surface area contributed by atoms with Crippen LogP contribution >= 0.6 is 15.9 Å². The van der Waals surface area contributed by atoms with Crippen molar-refractivity contribution in [1.29, 1.82) is 5.26 Å². The first-order valence-corrected chi connectivity index (χ1v) is 5.69. The smallest absolute Gasteiger partial charge is 0.0640 e. The third kappa shape index (κ3) is 3.21. The minimum atomic E-state index is 0.372. The number of hydrogen-bond acceptors (Lipinski definition) is 3. The van der Waals surface area contributed by atoms with Gasteiger partial charge < -0.3 is 4.90 Å². The second-order valence-electron chi connectivity index (χ2n) is 3.52. The van der Waals surface area contributed by atoms with Gasteiger partial charge in [-0.3, -0.25) is 4.98 Å². The monoisotopic (exact) mass is 267 g/mol. The quantitative estimate of drug-likeness (QED) is 0.842. The zero-order valence-corrected chi connectivity index (χ0v) is 10.5.